The number of hydrogen-bond donors (Lipinski definition) is 2. The summed E-state index contributed by atoms with van der Waals surface area (Å²) in [5.74, 6) is 0. The van der Waals surface area contributed by atoms with E-state index in [0.29, 0.717) is 5.02 Å². The summed E-state index contributed by atoms with van der Waals surface area (Å²) in [7, 11) is 1.65. The number of carbonyl (C=O) groups excluding carboxylic acids is 1. The topological polar surface area (TPSA) is 52.6 Å². The number of aliphatic hydroxyl groups is 1. The van der Waals surface area contributed by atoms with E-state index in [1.807, 2.05) is 42.5 Å². The number of amides is 2. The van der Waals surface area contributed by atoms with Crippen molar-refractivity contribution < 1.29 is 9.90 Å². The van der Waals surface area contributed by atoms with Crippen LogP contribution in [0.5, 0.6) is 0 Å². The molecule has 0 radical (unpaired) electrons. The molecule has 0 aliphatic heterocycles. The fourth-order valence-corrected chi connectivity index (χ4v) is 2.27. The van der Waals surface area contributed by atoms with E-state index < -0.39 is 0 Å². The number of nitrogens with zero attached hydrogens (tertiary/aromatic N) is 1. The Kier molecular flexibility index (Phi) is 5.81. The third-order valence-corrected chi connectivity index (χ3v) is 3.64. The number of rotatable bonds is 5. The van der Waals surface area contributed by atoms with Crippen molar-refractivity contribution in [1.29, 1.82) is 0 Å². The van der Waals surface area contributed by atoms with Crippen LogP contribution in [0.15, 0.2) is 54.6 Å². The van der Waals surface area contributed by atoms with Crippen molar-refractivity contribution in [2.24, 2.45) is 0 Å². The Bertz CT molecular complexity index is 602. The molecular weight excluding hydrogens is 300 g/mol. The number of likely N-dealkylation sites (N-methyl/N-ethyl adjacent to an activating group) is 1. The molecule has 5 heteroatoms. The molecule has 4 nitrogen and oxygen atoms in total. The van der Waals surface area contributed by atoms with E-state index in [9.17, 15) is 4.79 Å². The van der Waals surface area contributed by atoms with Crippen molar-refractivity contribution in [3.05, 3.63) is 70.7 Å². The molecular formula is C17H19ClN2O2. The summed E-state index contributed by atoms with van der Waals surface area (Å²) < 4.78 is 0. The molecule has 0 saturated carbocycles. The number of hydrogen-bond acceptors (Lipinski definition) is 2. The fourth-order valence-electron chi connectivity index (χ4n) is 2.15. The van der Waals surface area contributed by atoms with Crippen LogP contribution in [0.2, 0.25) is 5.02 Å². The van der Waals surface area contributed by atoms with Crippen LogP contribution in [0.4, 0.5) is 4.79 Å². The van der Waals surface area contributed by atoms with Gasteiger partial charge in [-0.3, -0.25) is 0 Å². The van der Waals surface area contributed by atoms with Gasteiger partial charge in [-0.2, -0.15) is 0 Å². The van der Waals surface area contributed by atoms with E-state index in [2.05, 4.69) is 5.32 Å². The second-order valence-corrected chi connectivity index (χ2v) is 5.43. The second-order valence-electron chi connectivity index (χ2n) is 4.99. The highest BCUT2D eigenvalue weighted by Gasteiger charge is 2.18. The second kappa shape index (κ2) is 7.82. The van der Waals surface area contributed by atoms with Crippen molar-refractivity contribution in [3.8, 4) is 0 Å². The van der Waals surface area contributed by atoms with Crippen LogP contribution in [0, 0.1) is 0 Å². The average molecular weight is 319 g/mol. The van der Waals surface area contributed by atoms with Crippen LogP contribution < -0.4 is 5.32 Å². The van der Waals surface area contributed by atoms with Crippen LogP contribution in [0.3, 0.4) is 0 Å². The number of nitrogens with one attached hydrogen (secondary N) is 1. The van der Waals surface area contributed by atoms with Crippen molar-refractivity contribution in [3.63, 3.8) is 0 Å². The Labute approximate surface area is 135 Å². The van der Waals surface area contributed by atoms with Crippen LogP contribution in [-0.4, -0.2) is 36.2 Å². The van der Waals surface area contributed by atoms with E-state index in [4.69, 9.17) is 16.7 Å². The Morgan fingerprint density at radius 3 is 2.32 bits per heavy atom. The lowest BCUT2D eigenvalue weighted by Gasteiger charge is -2.24. The highest BCUT2D eigenvalue weighted by Crippen LogP contribution is 2.23. The van der Waals surface area contributed by atoms with Gasteiger partial charge in [0.2, 0.25) is 0 Å². The minimum atomic E-state index is -0.271. The van der Waals surface area contributed by atoms with Crippen molar-refractivity contribution in [2.45, 2.75) is 6.04 Å². The molecule has 0 aliphatic rings. The lowest BCUT2D eigenvalue weighted by Crippen LogP contribution is -2.40. The molecule has 0 saturated heterocycles. The van der Waals surface area contributed by atoms with E-state index >= 15 is 0 Å². The van der Waals surface area contributed by atoms with Crippen molar-refractivity contribution in [1.82, 2.24) is 10.2 Å². The Hall–Kier alpha value is -2.04. The molecule has 2 N–H and O–H groups in total. The first-order valence-electron chi connectivity index (χ1n) is 7.04. The van der Waals surface area contributed by atoms with Gasteiger partial charge in [0, 0.05) is 18.6 Å². The molecule has 1 unspecified atom stereocenters. The van der Waals surface area contributed by atoms with Gasteiger partial charge in [0.1, 0.15) is 0 Å². The SMILES string of the molecule is CN(CCO)C(=O)NC(c1ccccc1)c1ccc(Cl)cc1. The van der Waals surface area contributed by atoms with Gasteiger partial charge in [-0.25, -0.2) is 4.79 Å². The van der Waals surface area contributed by atoms with Gasteiger partial charge in [0.05, 0.1) is 12.6 Å². The quantitative estimate of drug-likeness (QED) is 0.890. The first-order valence-corrected chi connectivity index (χ1v) is 7.42. The molecule has 1 atom stereocenters. The smallest absolute Gasteiger partial charge is 0.317 e. The molecule has 2 aromatic rings. The lowest BCUT2D eigenvalue weighted by molar-refractivity contribution is 0.188. The number of halogens is 1. The molecule has 0 aromatic heterocycles. The maximum atomic E-state index is 12.2. The van der Waals surface area contributed by atoms with E-state index in [1.165, 1.54) is 4.90 Å². The zero-order chi connectivity index (χ0) is 15.9. The van der Waals surface area contributed by atoms with Gasteiger partial charge in [-0.1, -0.05) is 54.1 Å². The van der Waals surface area contributed by atoms with Gasteiger partial charge in [-0.15, -0.1) is 0 Å². The predicted octanol–water partition coefficient (Wildman–Crippen LogP) is 3.06. The van der Waals surface area contributed by atoms with Gasteiger partial charge in [0.25, 0.3) is 0 Å². The monoisotopic (exact) mass is 318 g/mol. The third kappa shape index (κ3) is 4.23. The number of urea groups is 1. The number of carbonyl (C=O) groups is 1. The maximum absolute atomic E-state index is 12.2. The first-order chi connectivity index (χ1) is 10.6. The normalized spacial score (nSPS) is 11.8. The molecule has 0 fully saturated rings. The molecule has 2 rings (SSSR count). The molecule has 0 bridgehead atoms. The standard InChI is InChI=1S/C17H19ClN2O2/c1-20(11-12-21)17(22)19-16(13-5-3-2-4-6-13)14-7-9-15(18)10-8-14/h2-10,16,21H,11-12H2,1H3,(H,19,22). The largest absolute Gasteiger partial charge is 0.395 e. The lowest BCUT2D eigenvalue weighted by atomic mass is 9.99. The minimum Gasteiger partial charge on any atom is -0.395 e. The molecule has 22 heavy (non-hydrogen) atoms. The van der Waals surface area contributed by atoms with E-state index in [1.54, 1.807) is 19.2 Å². The van der Waals surface area contributed by atoms with Crippen LogP contribution in [0.1, 0.15) is 17.2 Å². The predicted molar refractivity (Wildman–Crippen MR) is 88.0 cm³/mol. The molecule has 0 spiro atoms. The number of aliphatic hydroxyl groups excluding tert-OH is 1. The minimum absolute atomic E-state index is 0.0686. The van der Waals surface area contributed by atoms with Gasteiger partial charge in [0.15, 0.2) is 0 Å². The van der Waals surface area contributed by atoms with Gasteiger partial charge >= 0.3 is 6.03 Å². The number of benzene rings is 2. The highest BCUT2D eigenvalue weighted by molar-refractivity contribution is 6.30. The van der Waals surface area contributed by atoms with Crippen molar-refractivity contribution in [2.75, 3.05) is 20.2 Å². The zero-order valence-electron chi connectivity index (χ0n) is 12.4. The van der Waals surface area contributed by atoms with E-state index in [0.717, 1.165) is 11.1 Å². The average Bonchev–Trinajstić information content (AvgIpc) is 2.54. The van der Waals surface area contributed by atoms with Gasteiger partial charge < -0.3 is 15.3 Å². The van der Waals surface area contributed by atoms with Crippen molar-refractivity contribution >= 4 is 17.6 Å². The Morgan fingerprint density at radius 1 is 1.14 bits per heavy atom. The van der Waals surface area contributed by atoms with E-state index in [-0.39, 0.29) is 25.2 Å². The summed E-state index contributed by atoms with van der Waals surface area (Å²) in [4.78, 5) is 13.7. The summed E-state index contributed by atoms with van der Waals surface area (Å²) in [6, 6.07) is 16.6. The maximum Gasteiger partial charge on any atom is 0.317 e. The molecule has 2 amide bonds. The molecule has 2 aromatic carbocycles. The Morgan fingerprint density at radius 2 is 1.73 bits per heavy atom. The van der Waals surface area contributed by atoms with Crippen LogP contribution in [0.25, 0.3) is 0 Å². The summed E-state index contributed by atoms with van der Waals surface area (Å²) in [6.07, 6.45) is 0. The molecule has 0 heterocycles. The zero-order valence-corrected chi connectivity index (χ0v) is 13.1. The first kappa shape index (κ1) is 16.3. The summed E-state index contributed by atoms with van der Waals surface area (Å²) in [5.41, 5.74) is 1.93. The summed E-state index contributed by atoms with van der Waals surface area (Å²) >= 11 is 5.94. The molecule has 0 aliphatic carbocycles. The Balaban J connectivity index is 2.26. The molecule has 116 valence electrons. The van der Waals surface area contributed by atoms with Crippen LogP contribution in [-0.2, 0) is 0 Å². The fraction of sp³-hybridized carbons (Fsp3) is 0.235. The van der Waals surface area contributed by atoms with Crippen LogP contribution >= 0.6 is 11.6 Å². The third-order valence-electron chi connectivity index (χ3n) is 3.39. The summed E-state index contributed by atoms with van der Waals surface area (Å²) in [5, 5.41) is 12.6. The van der Waals surface area contributed by atoms with Gasteiger partial charge in [-0.05, 0) is 23.3 Å². The highest BCUT2D eigenvalue weighted by atomic mass is 35.5. The summed E-state index contributed by atoms with van der Waals surface area (Å²) in [6.45, 7) is 0.217.